The number of aryl methyl sites for hydroxylation is 3. The van der Waals surface area contributed by atoms with E-state index in [1.54, 1.807) is 0 Å². The summed E-state index contributed by atoms with van der Waals surface area (Å²) in [7, 11) is 0. The van der Waals surface area contributed by atoms with Gasteiger partial charge in [-0.2, -0.15) is 5.10 Å². The van der Waals surface area contributed by atoms with E-state index >= 15 is 0 Å². The molecule has 0 spiro atoms. The zero-order valence-electron chi connectivity index (χ0n) is 14.7. The van der Waals surface area contributed by atoms with E-state index in [1.165, 1.54) is 47.0 Å². The molecule has 5 rings (SSSR count). The minimum Gasteiger partial charge on any atom is -0.386 e. The highest BCUT2D eigenvalue weighted by Crippen LogP contribution is 2.40. The molecule has 25 heavy (non-hydrogen) atoms. The van der Waals surface area contributed by atoms with Crippen LogP contribution in [0.5, 0.6) is 0 Å². The molecule has 0 bridgehead atoms. The number of hydrogen-bond donors (Lipinski definition) is 1. The number of nitrogens with zero attached hydrogens (tertiary/aromatic N) is 4. The third kappa shape index (κ3) is 3.27. The Morgan fingerprint density at radius 2 is 2.08 bits per heavy atom. The Balaban J connectivity index is 1.31. The second-order valence-corrected chi connectivity index (χ2v) is 8.98. The van der Waals surface area contributed by atoms with Gasteiger partial charge in [0.1, 0.15) is 11.1 Å². The lowest BCUT2D eigenvalue weighted by Crippen LogP contribution is -2.22. The average molecular weight is 359 g/mol. The van der Waals surface area contributed by atoms with Crippen LogP contribution < -0.4 is 0 Å². The molecule has 3 aliphatic rings. The summed E-state index contributed by atoms with van der Waals surface area (Å²) in [6.07, 6.45) is 8.05. The van der Waals surface area contributed by atoms with Gasteiger partial charge >= 0.3 is 0 Å². The van der Waals surface area contributed by atoms with Crippen molar-refractivity contribution in [1.82, 2.24) is 19.7 Å². The van der Waals surface area contributed by atoms with Crippen molar-refractivity contribution in [3.63, 3.8) is 0 Å². The lowest BCUT2D eigenvalue weighted by Gasteiger charge is -2.17. The van der Waals surface area contributed by atoms with Crippen LogP contribution in [0.1, 0.15) is 65.2 Å². The topological polar surface area (TPSA) is 54.2 Å². The van der Waals surface area contributed by atoms with E-state index in [9.17, 15) is 5.11 Å². The fraction of sp³-hybridized carbons (Fsp3) is 0.684. The Hall–Kier alpha value is -1.24. The maximum Gasteiger partial charge on any atom is 0.107 e. The van der Waals surface area contributed by atoms with Crippen molar-refractivity contribution in [2.75, 3.05) is 6.54 Å². The van der Waals surface area contributed by atoms with Crippen LogP contribution in [0.4, 0.5) is 0 Å². The van der Waals surface area contributed by atoms with Crippen molar-refractivity contribution < 1.29 is 5.11 Å². The quantitative estimate of drug-likeness (QED) is 0.913. The van der Waals surface area contributed by atoms with Gasteiger partial charge in [-0.3, -0.25) is 9.58 Å². The van der Waals surface area contributed by atoms with E-state index in [2.05, 4.69) is 15.6 Å². The first kappa shape index (κ1) is 16.0. The maximum atomic E-state index is 10.4. The summed E-state index contributed by atoms with van der Waals surface area (Å²) in [5.41, 5.74) is 3.48. The van der Waals surface area contributed by atoms with E-state index in [4.69, 9.17) is 10.1 Å². The Morgan fingerprint density at radius 1 is 1.20 bits per heavy atom. The van der Waals surface area contributed by atoms with Crippen molar-refractivity contribution in [3.05, 3.63) is 33.0 Å². The largest absolute Gasteiger partial charge is 0.386 e. The average Bonchev–Trinajstić information content (AvgIpc) is 3.31. The molecule has 1 fully saturated rings. The van der Waals surface area contributed by atoms with Crippen LogP contribution in [0.15, 0.2) is 6.07 Å². The molecule has 2 aromatic rings. The zero-order valence-corrected chi connectivity index (χ0v) is 15.5. The predicted octanol–water partition coefficient (Wildman–Crippen LogP) is 3.07. The first-order valence-electron chi connectivity index (χ1n) is 9.71. The van der Waals surface area contributed by atoms with E-state index in [0.717, 1.165) is 51.1 Å². The Labute approximate surface area is 152 Å². The lowest BCUT2D eigenvalue weighted by atomic mass is 10.0. The first-order valence-corrected chi connectivity index (χ1v) is 10.5. The van der Waals surface area contributed by atoms with Crippen LogP contribution in [0.25, 0.3) is 0 Å². The van der Waals surface area contributed by atoms with Crippen LogP contribution in [0.3, 0.4) is 0 Å². The van der Waals surface area contributed by atoms with Crippen LogP contribution in [-0.4, -0.2) is 31.3 Å². The Bertz CT molecular complexity index is 740. The third-order valence-electron chi connectivity index (χ3n) is 5.73. The van der Waals surface area contributed by atoms with Gasteiger partial charge in [-0.15, -0.1) is 11.3 Å². The maximum absolute atomic E-state index is 10.4. The van der Waals surface area contributed by atoms with Crippen LogP contribution in [0.2, 0.25) is 0 Å². The zero-order chi connectivity index (χ0) is 16.8. The number of thiazole rings is 1. The lowest BCUT2D eigenvalue weighted by molar-refractivity contribution is 0.148. The molecule has 6 heteroatoms. The van der Waals surface area contributed by atoms with Crippen LogP contribution in [0, 0.1) is 5.92 Å². The molecular formula is C19H26N4OS. The van der Waals surface area contributed by atoms with Gasteiger partial charge in [0.2, 0.25) is 0 Å². The number of fused-ring (bicyclic) bond motifs is 2. The molecule has 5 nitrogen and oxygen atoms in total. The van der Waals surface area contributed by atoms with Crippen molar-refractivity contribution in [2.45, 2.75) is 70.7 Å². The summed E-state index contributed by atoms with van der Waals surface area (Å²) in [6.45, 7) is 3.91. The molecule has 0 aromatic carbocycles. The summed E-state index contributed by atoms with van der Waals surface area (Å²) < 4.78 is 2.12. The van der Waals surface area contributed by atoms with Gasteiger partial charge in [0.05, 0.1) is 23.6 Å². The van der Waals surface area contributed by atoms with E-state index in [1.807, 2.05) is 11.3 Å². The van der Waals surface area contributed by atoms with E-state index in [-0.39, 0.29) is 6.10 Å². The second kappa shape index (κ2) is 6.49. The normalized spacial score (nSPS) is 22.3. The molecule has 2 aromatic heterocycles. The highest BCUT2D eigenvalue weighted by molar-refractivity contribution is 7.11. The van der Waals surface area contributed by atoms with Crippen molar-refractivity contribution in [2.24, 2.45) is 5.92 Å². The van der Waals surface area contributed by atoms with Gasteiger partial charge < -0.3 is 5.11 Å². The Morgan fingerprint density at radius 3 is 2.92 bits per heavy atom. The number of hydrogen-bond acceptors (Lipinski definition) is 5. The smallest absolute Gasteiger partial charge is 0.107 e. The van der Waals surface area contributed by atoms with E-state index < -0.39 is 0 Å². The molecule has 1 unspecified atom stereocenters. The summed E-state index contributed by atoms with van der Waals surface area (Å²) in [6, 6.07) is 2.13. The van der Waals surface area contributed by atoms with Gasteiger partial charge in [-0.05, 0) is 56.9 Å². The molecule has 0 amide bonds. The summed E-state index contributed by atoms with van der Waals surface area (Å²) in [5, 5.41) is 16.3. The SMILES string of the molecule is OC(c1cc2n(n1)CCCN(Cc1nc3c(s1)CCCC3)C2)C1CC1. The Kier molecular flexibility index (Phi) is 4.14. The van der Waals surface area contributed by atoms with Crippen molar-refractivity contribution in [1.29, 1.82) is 0 Å². The molecule has 1 atom stereocenters. The van der Waals surface area contributed by atoms with Gasteiger partial charge in [0, 0.05) is 24.5 Å². The fourth-order valence-electron chi connectivity index (χ4n) is 4.15. The molecular weight excluding hydrogens is 332 g/mol. The summed E-state index contributed by atoms with van der Waals surface area (Å²) in [4.78, 5) is 8.93. The van der Waals surface area contributed by atoms with Gasteiger partial charge in [0.15, 0.2) is 0 Å². The summed E-state index contributed by atoms with van der Waals surface area (Å²) >= 11 is 1.92. The fourth-order valence-corrected chi connectivity index (χ4v) is 5.35. The van der Waals surface area contributed by atoms with Crippen molar-refractivity contribution in [3.8, 4) is 0 Å². The van der Waals surface area contributed by atoms with E-state index in [0.29, 0.717) is 5.92 Å². The predicted molar refractivity (Wildman–Crippen MR) is 97.4 cm³/mol. The number of aliphatic hydroxyl groups excluding tert-OH is 1. The number of aromatic nitrogens is 3. The molecule has 134 valence electrons. The molecule has 1 N–H and O–H groups in total. The van der Waals surface area contributed by atoms with Gasteiger partial charge in [0.25, 0.3) is 0 Å². The molecule has 0 radical (unpaired) electrons. The van der Waals surface area contributed by atoms with Gasteiger partial charge in [-0.25, -0.2) is 4.98 Å². The van der Waals surface area contributed by atoms with Crippen molar-refractivity contribution >= 4 is 11.3 Å². The number of rotatable bonds is 4. The molecule has 0 saturated heterocycles. The minimum absolute atomic E-state index is 0.362. The molecule has 1 saturated carbocycles. The molecule has 1 aliphatic heterocycles. The minimum atomic E-state index is -0.362. The monoisotopic (exact) mass is 358 g/mol. The van der Waals surface area contributed by atoms with Gasteiger partial charge in [-0.1, -0.05) is 0 Å². The standard InChI is InChI=1S/C19H26N4OS/c24-19(13-6-7-13)16-10-14-11-22(8-3-9-23(14)21-16)12-18-20-15-4-1-2-5-17(15)25-18/h10,13,19,24H,1-9,11-12H2. The first-order chi connectivity index (χ1) is 12.3. The number of aliphatic hydroxyl groups is 1. The van der Waals surface area contributed by atoms with Crippen LogP contribution >= 0.6 is 11.3 Å². The van der Waals surface area contributed by atoms with Crippen LogP contribution in [-0.2, 0) is 32.5 Å². The molecule has 3 heterocycles. The summed E-state index contributed by atoms with van der Waals surface area (Å²) in [5.74, 6) is 0.442. The third-order valence-corrected chi connectivity index (χ3v) is 6.87. The molecule has 2 aliphatic carbocycles. The highest BCUT2D eigenvalue weighted by atomic mass is 32.1. The second-order valence-electron chi connectivity index (χ2n) is 7.81. The highest BCUT2D eigenvalue weighted by Gasteiger charge is 2.33.